The first-order valence-electron chi connectivity index (χ1n) is 8.61. The van der Waals surface area contributed by atoms with Gasteiger partial charge in [-0.1, -0.05) is 12.1 Å². The second-order valence-corrected chi connectivity index (χ2v) is 6.25. The maximum absolute atomic E-state index is 12.9. The SMILES string of the molecule is CN=C(NCc1cccc(N(C)C)c1)NCC(C)Oc1ccc(F)cc1. The zero-order chi connectivity index (χ0) is 18.9. The van der Waals surface area contributed by atoms with Crippen molar-refractivity contribution in [2.45, 2.75) is 19.6 Å². The lowest BCUT2D eigenvalue weighted by atomic mass is 10.2. The molecule has 0 amide bonds. The van der Waals surface area contributed by atoms with E-state index in [4.69, 9.17) is 4.74 Å². The molecule has 2 N–H and O–H groups in total. The Morgan fingerprint density at radius 2 is 1.88 bits per heavy atom. The molecule has 2 aromatic carbocycles. The summed E-state index contributed by atoms with van der Waals surface area (Å²) in [6.07, 6.45) is -0.0870. The monoisotopic (exact) mass is 358 g/mol. The Bertz CT molecular complexity index is 716. The molecule has 0 bridgehead atoms. The summed E-state index contributed by atoms with van der Waals surface area (Å²) < 4.78 is 18.7. The molecule has 0 saturated heterocycles. The molecule has 0 aliphatic carbocycles. The third-order valence-electron chi connectivity index (χ3n) is 3.82. The van der Waals surface area contributed by atoms with Crippen molar-refractivity contribution >= 4 is 11.6 Å². The number of rotatable bonds is 7. The zero-order valence-corrected chi connectivity index (χ0v) is 15.8. The van der Waals surface area contributed by atoms with Crippen molar-refractivity contribution in [2.24, 2.45) is 4.99 Å². The van der Waals surface area contributed by atoms with Gasteiger partial charge in [-0.25, -0.2) is 4.39 Å². The Morgan fingerprint density at radius 3 is 2.54 bits per heavy atom. The number of halogens is 1. The van der Waals surface area contributed by atoms with Crippen LogP contribution in [0.1, 0.15) is 12.5 Å². The number of hydrogen-bond donors (Lipinski definition) is 2. The average Bonchev–Trinajstić information content (AvgIpc) is 2.64. The molecule has 0 spiro atoms. The molecule has 0 aliphatic heterocycles. The van der Waals surface area contributed by atoms with Gasteiger partial charge >= 0.3 is 0 Å². The van der Waals surface area contributed by atoms with Gasteiger partial charge in [0.2, 0.25) is 0 Å². The number of nitrogens with one attached hydrogen (secondary N) is 2. The minimum atomic E-state index is -0.272. The van der Waals surface area contributed by atoms with E-state index in [9.17, 15) is 4.39 Å². The van der Waals surface area contributed by atoms with Crippen LogP contribution in [-0.2, 0) is 6.54 Å². The number of aliphatic imine (C=N–C) groups is 1. The summed E-state index contributed by atoms with van der Waals surface area (Å²) in [5.41, 5.74) is 2.34. The van der Waals surface area contributed by atoms with Crippen LogP contribution in [0.25, 0.3) is 0 Å². The van der Waals surface area contributed by atoms with E-state index in [1.807, 2.05) is 27.1 Å². The third kappa shape index (κ3) is 6.27. The van der Waals surface area contributed by atoms with E-state index in [-0.39, 0.29) is 11.9 Å². The summed E-state index contributed by atoms with van der Waals surface area (Å²) in [5, 5.41) is 6.53. The molecule has 5 nitrogen and oxygen atoms in total. The molecule has 0 saturated carbocycles. The van der Waals surface area contributed by atoms with Gasteiger partial charge in [0.1, 0.15) is 17.7 Å². The fourth-order valence-corrected chi connectivity index (χ4v) is 2.38. The molecule has 0 heterocycles. The number of ether oxygens (including phenoxy) is 1. The van der Waals surface area contributed by atoms with Crippen LogP contribution in [0.5, 0.6) is 5.75 Å². The van der Waals surface area contributed by atoms with Crippen LogP contribution in [0, 0.1) is 5.82 Å². The van der Waals surface area contributed by atoms with Crippen molar-refractivity contribution in [3.63, 3.8) is 0 Å². The first-order valence-corrected chi connectivity index (χ1v) is 8.61. The topological polar surface area (TPSA) is 48.9 Å². The summed E-state index contributed by atoms with van der Waals surface area (Å²) in [7, 11) is 5.78. The number of anilines is 1. The van der Waals surface area contributed by atoms with Crippen LogP contribution >= 0.6 is 0 Å². The highest BCUT2D eigenvalue weighted by molar-refractivity contribution is 5.79. The molecule has 1 unspecified atom stereocenters. The predicted molar refractivity (Wildman–Crippen MR) is 105 cm³/mol. The maximum Gasteiger partial charge on any atom is 0.191 e. The van der Waals surface area contributed by atoms with Gasteiger partial charge in [0.25, 0.3) is 0 Å². The summed E-state index contributed by atoms with van der Waals surface area (Å²) >= 11 is 0. The lowest BCUT2D eigenvalue weighted by Crippen LogP contribution is -2.41. The molecular weight excluding hydrogens is 331 g/mol. The third-order valence-corrected chi connectivity index (χ3v) is 3.82. The quantitative estimate of drug-likeness (QED) is 0.590. The first-order chi connectivity index (χ1) is 12.5. The number of nitrogens with zero attached hydrogens (tertiary/aromatic N) is 2. The molecule has 0 radical (unpaired) electrons. The fourth-order valence-electron chi connectivity index (χ4n) is 2.38. The van der Waals surface area contributed by atoms with Crippen LogP contribution in [0.3, 0.4) is 0 Å². The standard InChI is InChI=1S/C20H27FN4O/c1-15(26-19-10-8-17(21)9-11-19)13-23-20(22-2)24-14-16-6-5-7-18(12-16)25(3)4/h5-12,15H,13-14H2,1-4H3,(H2,22,23,24). The van der Waals surface area contributed by atoms with E-state index in [0.717, 1.165) is 5.69 Å². The number of guanidine groups is 1. The van der Waals surface area contributed by atoms with E-state index >= 15 is 0 Å². The van der Waals surface area contributed by atoms with Gasteiger partial charge in [-0.15, -0.1) is 0 Å². The lowest BCUT2D eigenvalue weighted by Gasteiger charge is -2.18. The van der Waals surface area contributed by atoms with Gasteiger partial charge in [0, 0.05) is 33.4 Å². The lowest BCUT2D eigenvalue weighted by molar-refractivity contribution is 0.223. The Labute approximate surface area is 154 Å². The molecule has 1 atom stereocenters. The van der Waals surface area contributed by atoms with Crippen LogP contribution < -0.4 is 20.3 Å². The summed E-state index contributed by atoms with van der Waals surface area (Å²) in [4.78, 5) is 6.30. The Balaban J connectivity index is 1.80. The highest BCUT2D eigenvalue weighted by Crippen LogP contribution is 2.13. The summed E-state index contributed by atoms with van der Waals surface area (Å²) in [6.45, 7) is 3.20. The molecule has 2 rings (SSSR count). The van der Waals surface area contributed by atoms with Gasteiger partial charge in [0.05, 0.1) is 6.54 Å². The molecule has 6 heteroatoms. The minimum Gasteiger partial charge on any atom is -0.489 e. The second kappa shape index (κ2) is 9.65. The maximum atomic E-state index is 12.9. The highest BCUT2D eigenvalue weighted by atomic mass is 19.1. The first kappa shape index (κ1) is 19.6. The van der Waals surface area contributed by atoms with Gasteiger partial charge in [-0.2, -0.15) is 0 Å². The zero-order valence-electron chi connectivity index (χ0n) is 15.8. The van der Waals surface area contributed by atoms with Crippen LogP contribution in [0.15, 0.2) is 53.5 Å². The fraction of sp³-hybridized carbons (Fsp3) is 0.350. The molecule has 0 fully saturated rings. The predicted octanol–water partition coefficient (Wildman–Crippen LogP) is 3.02. The Kier molecular flexibility index (Phi) is 7.26. The highest BCUT2D eigenvalue weighted by Gasteiger charge is 2.06. The molecule has 0 aliphatic rings. The van der Waals surface area contributed by atoms with E-state index in [1.54, 1.807) is 19.2 Å². The summed E-state index contributed by atoms with van der Waals surface area (Å²) in [6, 6.07) is 14.4. The van der Waals surface area contributed by atoms with Crippen LogP contribution in [0.4, 0.5) is 10.1 Å². The van der Waals surface area contributed by atoms with Gasteiger partial charge in [-0.3, -0.25) is 4.99 Å². The average molecular weight is 358 g/mol. The van der Waals surface area contributed by atoms with Crippen molar-refractivity contribution < 1.29 is 9.13 Å². The minimum absolute atomic E-state index is 0.0870. The van der Waals surface area contributed by atoms with Crippen molar-refractivity contribution in [1.29, 1.82) is 0 Å². The Hall–Kier alpha value is -2.76. The second-order valence-electron chi connectivity index (χ2n) is 6.25. The number of benzene rings is 2. The van der Waals surface area contributed by atoms with E-state index in [2.05, 4.69) is 38.7 Å². The molecule has 0 aromatic heterocycles. The Morgan fingerprint density at radius 1 is 1.15 bits per heavy atom. The van der Waals surface area contributed by atoms with E-state index < -0.39 is 0 Å². The van der Waals surface area contributed by atoms with Crippen molar-refractivity contribution in [3.8, 4) is 5.75 Å². The summed E-state index contributed by atoms with van der Waals surface area (Å²) in [5.74, 6) is 1.07. The molecule has 140 valence electrons. The number of hydrogen-bond acceptors (Lipinski definition) is 3. The molecular formula is C20H27FN4O. The van der Waals surface area contributed by atoms with Crippen LogP contribution in [-0.4, -0.2) is 39.8 Å². The normalized spacial score (nSPS) is 12.4. The largest absolute Gasteiger partial charge is 0.489 e. The van der Waals surface area contributed by atoms with Gasteiger partial charge in [-0.05, 0) is 48.9 Å². The van der Waals surface area contributed by atoms with Crippen molar-refractivity contribution in [1.82, 2.24) is 10.6 Å². The van der Waals surface area contributed by atoms with E-state index in [0.29, 0.717) is 24.8 Å². The van der Waals surface area contributed by atoms with E-state index in [1.165, 1.54) is 17.7 Å². The smallest absolute Gasteiger partial charge is 0.191 e. The molecule has 2 aromatic rings. The van der Waals surface area contributed by atoms with Crippen LogP contribution in [0.2, 0.25) is 0 Å². The van der Waals surface area contributed by atoms with Crippen molar-refractivity contribution in [2.75, 3.05) is 32.6 Å². The van der Waals surface area contributed by atoms with Crippen molar-refractivity contribution in [3.05, 3.63) is 59.9 Å². The van der Waals surface area contributed by atoms with Gasteiger partial charge in [0.15, 0.2) is 5.96 Å². The van der Waals surface area contributed by atoms with Gasteiger partial charge < -0.3 is 20.3 Å². The molecule has 26 heavy (non-hydrogen) atoms.